The van der Waals surface area contributed by atoms with Gasteiger partial charge in [0.2, 0.25) is 0 Å². The molecule has 0 aromatic heterocycles. The van der Waals surface area contributed by atoms with Gasteiger partial charge in [-0.2, -0.15) is 0 Å². The maximum absolute atomic E-state index is 3.68. The maximum Gasteiger partial charge on any atom is 0.0418 e. The van der Waals surface area contributed by atoms with E-state index in [4.69, 9.17) is 0 Å². The molecule has 2 aromatic rings. The average Bonchev–Trinajstić information content (AvgIpc) is 2.50. The Morgan fingerprint density at radius 1 is 1.10 bits per heavy atom. The molecule has 0 heterocycles. The fraction of sp³-hybridized carbons (Fsp3) is 0.333. The minimum atomic E-state index is 0.403. The predicted molar refractivity (Wildman–Crippen MR) is 97.1 cm³/mol. The van der Waals surface area contributed by atoms with E-state index in [1.54, 1.807) is 0 Å². The first-order valence-electron chi connectivity index (χ1n) is 7.38. The summed E-state index contributed by atoms with van der Waals surface area (Å²) in [4.78, 5) is 1.31. The summed E-state index contributed by atoms with van der Waals surface area (Å²) in [6.45, 7) is 5.46. The molecule has 0 aliphatic carbocycles. The topological polar surface area (TPSA) is 12.0 Å². The van der Waals surface area contributed by atoms with Crippen molar-refractivity contribution in [1.29, 1.82) is 0 Å². The standard InChI is InChI=1S/C18H22BrNS/c1-3-12-20-18(17-7-5-4-6-14(17)2)13-21-16-10-8-15(19)9-11-16/h4-11,18,20H,3,12-13H2,1-2H3. The molecule has 1 atom stereocenters. The van der Waals surface area contributed by atoms with E-state index in [0.29, 0.717) is 6.04 Å². The van der Waals surface area contributed by atoms with Crippen LogP contribution in [0.25, 0.3) is 0 Å². The largest absolute Gasteiger partial charge is 0.309 e. The van der Waals surface area contributed by atoms with Crippen molar-refractivity contribution in [2.45, 2.75) is 31.2 Å². The van der Waals surface area contributed by atoms with Crippen molar-refractivity contribution < 1.29 is 0 Å². The van der Waals surface area contributed by atoms with Crippen molar-refractivity contribution in [3.05, 3.63) is 64.1 Å². The van der Waals surface area contributed by atoms with E-state index in [1.807, 2.05) is 11.8 Å². The van der Waals surface area contributed by atoms with Crippen LogP contribution in [0.4, 0.5) is 0 Å². The fourth-order valence-electron chi connectivity index (χ4n) is 2.27. The number of hydrogen-bond acceptors (Lipinski definition) is 2. The summed E-state index contributed by atoms with van der Waals surface area (Å²) in [6, 6.07) is 17.6. The molecule has 1 unspecified atom stereocenters. The molecule has 0 amide bonds. The number of thioether (sulfide) groups is 1. The first kappa shape index (κ1) is 16.6. The number of hydrogen-bond donors (Lipinski definition) is 1. The van der Waals surface area contributed by atoms with Gasteiger partial charge in [0.05, 0.1) is 0 Å². The van der Waals surface area contributed by atoms with E-state index >= 15 is 0 Å². The van der Waals surface area contributed by atoms with Gasteiger partial charge >= 0.3 is 0 Å². The van der Waals surface area contributed by atoms with Gasteiger partial charge in [-0.1, -0.05) is 47.1 Å². The summed E-state index contributed by atoms with van der Waals surface area (Å²) in [5, 5.41) is 3.68. The van der Waals surface area contributed by atoms with Crippen molar-refractivity contribution >= 4 is 27.7 Å². The Bertz CT molecular complexity index is 553. The van der Waals surface area contributed by atoms with Gasteiger partial charge in [-0.25, -0.2) is 0 Å². The number of benzene rings is 2. The van der Waals surface area contributed by atoms with Gasteiger partial charge in [-0.05, 0) is 55.3 Å². The van der Waals surface area contributed by atoms with Crippen molar-refractivity contribution in [2.24, 2.45) is 0 Å². The summed E-state index contributed by atoms with van der Waals surface area (Å²) < 4.78 is 1.13. The van der Waals surface area contributed by atoms with Gasteiger partial charge < -0.3 is 5.32 Å². The van der Waals surface area contributed by atoms with E-state index in [1.165, 1.54) is 16.0 Å². The lowest BCUT2D eigenvalue weighted by molar-refractivity contribution is 0.575. The molecule has 0 aliphatic rings. The van der Waals surface area contributed by atoms with E-state index < -0.39 is 0 Å². The quantitative estimate of drug-likeness (QED) is 0.643. The molecule has 0 spiro atoms. The van der Waals surface area contributed by atoms with Crippen LogP contribution >= 0.6 is 27.7 Å². The molecule has 112 valence electrons. The van der Waals surface area contributed by atoms with Crippen LogP contribution in [0.15, 0.2) is 57.9 Å². The molecule has 3 heteroatoms. The van der Waals surface area contributed by atoms with Crippen LogP contribution in [0.3, 0.4) is 0 Å². The van der Waals surface area contributed by atoms with Crippen LogP contribution in [-0.2, 0) is 0 Å². The molecule has 2 rings (SSSR count). The maximum atomic E-state index is 3.68. The van der Waals surface area contributed by atoms with Crippen molar-refractivity contribution in [2.75, 3.05) is 12.3 Å². The Balaban J connectivity index is 2.06. The molecule has 0 fully saturated rings. The highest BCUT2D eigenvalue weighted by Crippen LogP contribution is 2.27. The minimum Gasteiger partial charge on any atom is -0.309 e. The molecule has 1 N–H and O–H groups in total. The number of halogens is 1. The summed E-state index contributed by atoms with van der Waals surface area (Å²) in [5.41, 5.74) is 2.78. The van der Waals surface area contributed by atoms with Crippen LogP contribution in [-0.4, -0.2) is 12.3 Å². The molecule has 1 nitrogen and oxygen atoms in total. The normalized spacial score (nSPS) is 12.3. The molecule has 0 saturated heterocycles. The molecule has 0 saturated carbocycles. The molecular formula is C18H22BrNS. The summed E-state index contributed by atoms with van der Waals surface area (Å²) >= 11 is 5.39. The lowest BCUT2D eigenvalue weighted by Crippen LogP contribution is -2.24. The van der Waals surface area contributed by atoms with E-state index in [-0.39, 0.29) is 0 Å². The molecule has 0 radical (unpaired) electrons. The van der Waals surface area contributed by atoms with Gasteiger partial charge in [0.25, 0.3) is 0 Å². The van der Waals surface area contributed by atoms with Crippen molar-refractivity contribution in [1.82, 2.24) is 5.32 Å². The molecule has 0 bridgehead atoms. The highest BCUT2D eigenvalue weighted by molar-refractivity contribution is 9.10. The van der Waals surface area contributed by atoms with E-state index in [9.17, 15) is 0 Å². The third-order valence-corrected chi connectivity index (χ3v) is 5.07. The van der Waals surface area contributed by atoms with E-state index in [2.05, 4.69) is 83.6 Å². The zero-order valence-corrected chi connectivity index (χ0v) is 15.0. The van der Waals surface area contributed by atoms with Crippen molar-refractivity contribution in [3.63, 3.8) is 0 Å². The first-order valence-corrected chi connectivity index (χ1v) is 9.16. The Hall–Kier alpha value is -0.770. The smallest absolute Gasteiger partial charge is 0.0418 e. The zero-order valence-electron chi connectivity index (χ0n) is 12.6. The van der Waals surface area contributed by atoms with Gasteiger partial charge in [-0.3, -0.25) is 0 Å². The van der Waals surface area contributed by atoms with Crippen molar-refractivity contribution in [3.8, 4) is 0 Å². The average molecular weight is 364 g/mol. The van der Waals surface area contributed by atoms with Crippen LogP contribution in [0.2, 0.25) is 0 Å². The Kier molecular flexibility index (Phi) is 6.81. The third-order valence-electron chi connectivity index (χ3n) is 3.43. The highest BCUT2D eigenvalue weighted by Gasteiger charge is 2.13. The third kappa shape index (κ3) is 5.17. The summed E-state index contributed by atoms with van der Waals surface area (Å²) in [5.74, 6) is 1.05. The molecular weight excluding hydrogens is 342 g/mol. The lowest BCUT2D eigenvalue weighted by atomic mass is 10.0. The molecule has 21 heavy (non-hydrogen) atoms. The minimum absolute atomic E-state index is 0.403. The van der Waals surface area contributed by atoms with E-state index in [0.717, 1.165) is 23.2 Å². The Labute approximate surface area is 140 Å². The Morgan fingerprint density at radius 2 is 1.81 bits per heavy atom. The second kappa shape index (κ2) is 8.62. The monoisotopic (exact) mass is 363 g/mol. The Morgan fingerprint density at radius 3 is 2.48 bits per heavy atom. The summed E-state index contributed by atoms with van der Waals surface area (Å²) in [6.07, 6.45) is 1.16. The summed E-state index contributed by atoms with van der Waals surface area (Å²) in [7, 11) is 0. The van der Waals surface area contributed by atoms with Crippen LogP contribution < -0.4 is 5.32 Å². The zero-order chi connectivity index (χ0) is 15.1. The van der Waals surface area contributed by atoms with Gasteiger partial charge in [0, 0.05) is 21.2 Å². The van der Waals surface area contributed by atoms with Gasteiger partial charge in [0.1, 0.15) is 0 Å². The second-order valence-electron chi connectivity index (χ2n) is 5.13. The number of rotatable bonds is 7. The van der Waals surface area contributed by atoms with Crippen LogP contribution in [0, 0.1) is 6.92 Å². The molecule has 2 aromatic carbocycles. The number of nitrogens with one attached hydrogen (secondary N) is 1. The predicted octanol–water partition coefficient (Wildman–Crippen LogP) is 5.59. The second-order valence-corrected chi connectivity index (χ2v) is 7.14. The van der Waals surface area contributed by atoms with Crippen LogP contribution in [0.5, 0.6) is 0 Å². The van der Waals surface area contributed by atoms with Crippen LogP contribution in [0.1, 0.15) is 30.5 Å². The SMILES string of the molecule is CCCNC(CSc1ccc(Br)cc1)c1ccccc1C. The first-order chi connectivity index (χ1) is 10.2. The number of aryl methyl sites for hydroxylation is 1. The van der Waals surface area contributed by atoms with Gasteiger partial charge in [0.15, 0.2) is 0 Å². The lowest BCUT2D eigenvalue weighted by Gasteiger charge is -2.20. The highest BCUT2D eigenvalue weighted by atomic mass is 79.9. The molecule has 0 aliphatic heterocycles. The van der Waals surface area contributed by atoms with Gasteiger partial charge in [-0.15, -0.1) is 11.8 Å². The fourth-order valence-corrected chi connectivity index (χ4v) is 3.51.